The first-order chi connectivity index (χ1) is 12.5. The largest absolute Gasteiger partial charge is 0.206 e. The van der Waals surface area contributed by atoms with Crippen molar-refractivity contribution in [2.75, 3.05) is 0 Å². The highest BCUT2D eigenvalue weighted by atomic mass is 35.5. The third-order valence-electron chi connectivity index (χ3n) is 6.07. The van der Waals surface area contributed by atoms with E-state index in [0.717, 1.165) is 17.9 Å². The van der Waals surface area contributed by atoms with E-state index in [9.17, 15) is 8.78 Å². The molecule has 0 aliphatic heterocycles. The molecule has 0 bridgehead atoms. The second kappa shape index (κ2) is 8.52. The summed E-state index contributed by atoms with van der Waals surface area (Å²) in [6, 6.07) is 9.61. The van der Waals surface area contributed by atoms with Gasteiger partial charge in [-0.2, -0.15) is 0 Å². The summed E-state index contributed by atoms with van der Waals surface area (Å²) in [4.78, 5) is 0. The first kappa shape index (κ1) is 19.4. The standard InChI is InChI=1S/C23H27ClF2/c1-3-16-4-6-18(7-5-16)15(2)12-17-13-21(25)23(22(26)14-17)19-8-10-20(24)11-9-19/h8-11,13-16,18H,3-7,12H2,1-2H3. The van der Waals surface area contributed by atoms with Crippen LogP contribution in [-0.2, 0) is 6.42 Å². The van der Waals surface area contributed by atoms with Crippen LogP contribution >= 0.6 is 11.6 Å². The van der Waals surface area contributed by atoms with Gasteiger partial charge in [0.25, 0.3) is 0 Å². The van der Waals surface area contributed by atoms with Gasteiger partial charge in [0.05, 0.1) is 5.56 Å². The first-order valence-electron chi connectivity index (χ1n) is 9.71. The monoisotopic (exact) mass is 376 g/mol. The molecule has 1 aliphatic carbocycles. The zero-order chi connectivity index (χ0) is 18.7. The Morgan fingerprint density at radius 3 is 2.12 bits per heavy atom. The lowest BCUT2D eigenvalue weighted by Crippen LogP contribution is -2.21. The first-order valence-corrected chi connectivity index (χ1v) is 10.1. The highest BCUT2D eigenvalue weighted by Gasteiger charge is 2.25. The molecule has 0 aromatic heterocycles. The Balaban J connectivity index is 1.72. The lowest BCUT2D eigenvalue weighted by Gasteiger charge is -2.32. The van der Waals surface area contributed by atoms with Crippen molar-refractivity contribution in [3.8, 4) is 11.1 Å². The number of hydrogen-bond donors (Lipinski definition) is 0. The van der Waals surface area contributed by atoms with E-state index in [2.05, 4.69) is 13.8 Å². The maximum absolute atomic E-state index is 14.6. The fourth-order valence-corrected chi connectivity index (χ4v) is 4.47. The van der Waals surface area contributed by atoms with Crippen LogP contribution in [0.25, 0.3) is 11.1 Å². The van der Waals surface area contributed by atoms with E-state index in [1.807, 2.05) is 0 Å². The van der Waals surface area contributed by atoms with E-state index in [1.165, 1.54) is 44.2 Å². The lowest BCUT2D eigenvalue weighted by atomic mass is 9.74. The predicted octanol–water partition coefficient (Wildman–Crippen LogP) is 7.68. The van der Waals surface area contributed by atoms with Gasteiger partial charge in [0.1, 0.15) is 11.6 Å². The van der Waals surface area contributed by atoms with Crippen molar-refractivity contribution in [3.05, 3.63) is 58.6 Å². The molecule has 2 aromatic rings. The molecule has 0 heterocycles. The third-order valence-corrected chi connectivity index (χ3v) is 6.32. The van der Waals surface area contributed by atoms with Crippen molar-refractivity contribution < 1.29 is 8.78 Å². The quantitative estimate of drug-likeness (QED) is 0.502. The van der Waals surface area contributed by atoms with Crippen LogP contribution in [0.5, 0.6) is 0 Å². The van der Waals surface area contributed by atoms with Crippen molar-refractivity contribution >= 4 is 11.6 Å². The Hall–Kier alpha value is -1.41. The van der Waals surface area contributed by atoms with Crippen LogP contribution in [0.15, 0.2) is 36.4 Å². The molecule has 1 aliphatic rings. The maximum atomic E-state index is 14.6. The second-order valence-corrected chi connectivity index (χ2v) is 8.25. The van der Waals surface area contributed by atoms with Crippen molar-refractivity contribution in [1.29, 1.82) is 0 Å². The van der Waals surface area contributed by atoms with Gasteiger partial charge in [-0.3, -0.25) is 0 Å². The topological polar surface area (TPSA) is 0 Å². The summed E-state index contributed by atoms with van der Waals surface area (Å²) in [5.74, 6) is 0.994. The number of rotatable bonds is 5. The average Bonchev–Trinajstić information content (AvgIpc) is 2.63. The normalized spacial score (nSPS) is 21.6. The summed E-state index contributed by atoms with van der Waals surface area (Å²) >= 11 is 5.87. The van der Waals surface area contributed by atoms with Crippen molar-refractivity contribution in [1.82, 2.24) is 0 Å². The summed E-state index contributed by atoms with van der Waals surface area (Å²) < 4.78 is 29.2. The Labute approximate surface area is 160 Å². The molecule has 0 amide bonds. The van der Waals surface area contributed by atoms with Crippen LogP contribution in [0.3, 0.4) is 0 Å². The van der Waals surface area contributed by atoms with Gasteiger partial charge in [-0.1, -0.05) is 56.8 Å². The minimum absolute atomic E-state index is 0.0292. The zero-order valence-electron chi connectivity index (χ0n) is 15.6. The summed E-state index contributed by atoms with van der Waals surface area (Å²) in [5.41, 5.74) is 1.30. The predicted molar refractivity (Wildman–Crippen MR) is 105 cm³/mol. The SMILES string of the molecule is CCC1CCC(C(C)Cc2cc(F)c(-c3ccc(Cl)cc3)c(F)c2)CC1. The molecule has 0 radical (unpaired) electrons. The van der Waals surface area contributed by atoms with Crippen molar-refractivity contribution in [2.45, 2.75) is 52.4 Å². The van der Waals surface area contributed by atoms with Crippen LogP contribution in [0, 0.1) is 29.4 Å². The van der Waals surface area contributed by atoms with Crippen LogP contribution in [0.2, 0.25) is 5.02 Å². The van der Waals surface area contributed by atoms with Crippen LogP contribution in [-0.4, -0.2) is 0 Å². The molecule has 0 N–H and O–H groups in total. The summed E-state index contributed by atoms with van der Waals surface area (Å²) in [6.07, 6.45) is 7.08. The molecule has 140 valence electrons. The Kier molecular flexibility index (Phi) is 6.34. The van der Waals surface area contributed by atoms with E-state index in [0.29, 0.717) is 22.4 Å². The molecule has 3 heteroatoms. The van der Waals surface area contributed by atoms with E-state index in [4.69, 9.17) is 11.6 Å². The highest BCUT2D eigenvalue weighted by Crippen LogP contribution is 2.36. The van der Waals surface area contributed by atoms with E-state index in [1.54, 1.807) is 24.3 Å². The Bertz CT molecular complexity index is 707. The summed E-state index contributed by atoms with van der Waals surface area (Å²) in [7, 11) is 0. The van der Waals surface area contributed by atoms with Gasteiger partial charge >= 0.3 is 0 Å². The van der Waals surface area contributed by atoms with Gasteiger partial charge in [-0.05, 0) is 72.4 Å². The molecular formula is C23H27ClF2. The molecule has 2 aromatic carbocycles. The van der Waals surface area contributed by atoms with Gasteiger partial charge in [-0.15, -0.1) is 0 Å². The molecule has 1 fully saturated rings. The zero-order valence-corrected chi connectivity index (χ0v) is 16.3. The summed E-state index contributed by atoms with van der Waals surface area (Å²) in [5, 5.41) is 0.554. The molecule has 1 unspecified atom stereocenters. The van der Waals surface area contributed by atoms with E-state index < -0.39 is 11.6 Å². The second-order valence-electron chi connectivity index (χ2n) is 7.81. The molecule has 1 saturated carbocycles. The molecule has 0 nitrogen and oxygen atoms in total. The number of benzene rings is 2. The minimum Gasteiger partial charge on any atom is -0.206 e. The summed E-state index contributed by atoms with van der Waals surface area (Å²) in [6.45, 7) is 4.49. The van der Waals surface area contributed by atoms with Gasteiger partial charge in [0.2, 0.25) is 0 Å². The van der Waals surface area contributed by atoms with Crippen LogP contribution < -0.4 is 0 Å². The Morgan fingerprint density at radius 2 is 1.58 bits per heavy atom. The average molecular weight is 377 g/mol. The van der Waals surface area contributed by atoms with Crippen LogP contribution in [0.1, 0.15) is 51.5 Å². The highest BCUT2D eigenvalue weighted by molar-refractivity contribution is 6.30. The lowest BCUT2D eigenvalue weighted by molar-refractivity contribution is 0.210. The fourth-order valence-electron chi connectivity index (χ4n) is 4.34. The molecule has 0 spiro atoms. The van der Waals surface area contributed by atoms with Gasteiger partial charge in [0.15, 0.2) is 0 Å². The van der Waals surface area contributed by atoms with Crippen LogP contribution in [0.4, 0.5) is 8.78 Å². The minimum atomic E-state index is -0.496. The molecule has 26 heavy (non-hydrogen) atoms. The Morgan fingerprint density at radius 1 is 1.00 bits per heavy atom. The van der Waals surface area contributed by atoms with Gasteiger partial charge < -0.3 is 0 Å². The number of halogens is 3. The molecule has 3 rings (SSSR count). The number of hydrogen-bond acceptors (Lipinski definition) is 0. The third kappa shape index (κ3) is 4.46. The van der Waals surface area contributed by atoms with Crippen molar-refractivity contribution in [3.63, 3.8) is 0 Å². The molecule has 1 atom stereocenters. The molecular weight excluding hydrogens is 350 g/mol. The van der Waals surface area contributed by atoms with E-state index in [-0.39, 0.29) is 5.56 Å². The smallest absolute Gasteiger partial charge is 0.134 e. The fraction of sp³-hybridized carbons (Fsp3) is 0.478. The maximum Gasteiger partial charge on any atom is 0.134 e. The van der Waals surface area contributed by atoms with Gasteiger partial charge in [0, 0.05) is 5.02 Å². The van der Waals surface area contributed by atoms with Crippen molar-refractivity contribution in [2.24, 2.45) is 17.8 Å². The van der Waals surface area contributed by atoms with Gasteiger partial charge in [-0.25, -0.2) is 8.78 Å². The van der Waals surface area contributed by atoms with E-state index >= 15 is 0 Å². The molecule has 0 saturated heterocycles.